The van der Waals surface area contributed by atoms with Gasteiger partial charge in [-0.3, -0.25) is 9.89 Å². The minimum atomic E-state index is 0.425. The van der Waals surface area contributed by atoms with Crippen LogP contribution in [0.5, 0.6) is 0 Å². The van der Waals surface area contributed by atoms with Crippen molar-refractivity contribution in [3.63, 3.8) is 0 Å². The van der Waals surface area contributed by atoms with E-state index in [4.69, 9.17) is 0 Å². The molecule has 21 heavy (non-hydrogen) atoms. The number of likely N-dealkylation sites (tertiary alicyclic amines) is 1. The fraction of sp³-hybridized carbons (Fsp3) is 0.588. The molecule has 1 aromatic rings. The van der Waals surface area contributed by atoms with Crippen molar-refractivity contribution >= 4 is 5.96 Å². The van der Waals surface area contributed by atoms with Crippen molar-refractivity contribution in [2.75, 3.05) is 33.2 Å². The molecule has 2 rings (SSSR count). The summed E-state index contributed by atoms with van der Waals surface area (Å²) in [5, 5.41) is 6.81. The Bertz CT molecular complexity index is 424. The molecule has 4 nitrogen and oxygen atoms in total. The molecule has 1 unspecified atom stereocenters. The van der Waals surface area contributed by atoms with Crippen LogP contribution in [0.3, 0.4) is 0 Å². The molecular formula is C17H28N4. The van der Waals surface area contributed by atoms with Crippen LogP contribution >= 0.6 is 0 Å². The average molecular weight is 288 g/mol. The normalized spacial score (nSPS) is 17.7. The Morgan fingerprint density at radius 2 is 1.90 bits per heavy atom. The molecule has 1 aliphatic rings. The summed E-state index contributed by atoms with van der Waals surface area (Å²) < 4.78 is 0. The number of aliphatic imine (C=N–C) groups is 1. The first kappa shape index (κ1) is 15.8. The highest BCUT2D eigenvalue weighted by atomic mass is 15.2. The molecule has 4 heteroatoms. The predicted octanol–water partition coefficient (Wildman–Crippen LogP) is 2.40. The summed E-state index contributed by atoms with van der Waals surface area (Å²) in [6.07, 6.45) is 3.73. The summed E-state index contributed by atoms with van der Waals surface area (Å²) in [5.41, 5.74) is 1.39. The minimum Gasteiger partial charge on any atom is -0.356 e. The first-order chi connectivity index (χ1) is 10.3. The lowest BCUT2D eigenvalue weighted by molar-refractivity contribution is 0.245. The molecule has 0 radical (unpaired) electrons. The summed E-state index contributed by atoms with van der Waals surface area (Å²) in [4.78, 5) is 6.87. The van der Waals surface area contributed by atoms with Crippen LogP contribution in [0.1, 0.15) is 37.8 Å². The predicted molar refractivity (Wildman–Crippen MR) is 89.6 cm³/mol. The lowest BCUT2D eigenvalue weighted by atomic mass is 10.1. The number of hydrogen-bond acceptors (Lipinski definition) is 2. The topological polar surface area (TPSA) is 39.7 Å². The van der Waals surface area contributed by atoms with Gasteiger partial charge < -0.3 is 10.6 Å². The largest absolute Gasteiger partial charge is 0.356 e. The highest BCUT2D eigenvalue weighted by Gasteiger charge is 2.23. The molecule has 1 saturated heterocycles. The summed E-state index contributed by atoms with van der Waals surface area (Å²) in [5.74, 6) is 0.900. The zero-order valence-corrected chi connectivity index (χ0v) is 13.3. The van der Waals surface area contributed by atoms with Crippen LogP contribution in [0.2, 0.25) is 0 Å². The molecule has 0 amide bonds. The van der Waals surface area contributed by atoms with Gasteiger partial charge in [-0.2, -0.15) is 0 Å². The number of rotatable bonds is 6. The molecule has 0 aliphatic carbocycles. The molecule has 1 aromatic carbocycles. The molecule has 0 aromatic heterocycles. The van der Waals surface area contributed by atoms with E-state index in [0.717, 1.165) is 25.5 Å². The Hall–Kier alpha value is -1.55. The van der Waals surface area contributed by atoms with E-state index in [9.17, 15) is 0 Å². The van der Waals surface area contributed by atoms with Crippen molar-refractivity contribution in [1.82, 2.24) is 15.5 Å². The standard InChI is InChI=1S/C17H28N4/c1-3-11-19-17(18-2)20-14-16(21-12-7-8-13-21)15-9-5-4-6-10-15/h4-6,9-10,16H,3,7-8,11-14H2,1-2H3,(H2,18,19,20). The quantitative estimate of drug-likeness (QED) is 0.624. The molecule has 1 aliphatic heterocycles. The van der Waals surface area contributed by atoms with Gasteiger partial charge in [0.25, 0.3) is 0 Å². The van der Waals surface area contributed by atoms with Crippen molar-refractivity contribution in [3.8, 4) is 0 Å². The average Bonchev–Trinajstić information content (AvgIpc) is 3.06. The van der Waals surface area contributed by atoms with E-state index in [2.05, 4.69) is 57.8 Å². The first-order valence-corrected chi connectivity index (χ1v) is 8.08. The lowest BCUT2D eigenvalue weighted by Gasteiger charge is -2.28. The van der Waals surface area contributed by atoms with Crippen molar-refractivity contribution < 1.29 is 0 Å². The van der Waals surface area contributed by atoms with E-state index in [1.54, 1.807) is 0 Å². The third-order valence-electron chi connectivity index (χ3n) is 3.99. The van der Waals surface area contributed by atoms with Gasteiger partial charge in [0.05, 0.1) is 6.04 Å². The van der Waals surface area contributed by atoms with Gasteiger partial charge in [-0.05, 0) is 37.9 Å². The molecule has 0 saturated carbocycles. The van der Waals surface area contributed by atoms with Gasteiger partial charge in [0.2, 0.25) is 0 Å². The number of hydrogen-bond donors (Lipinski definition) is 2. The zero-order chi connectivity index (χ0) is 14.9. The van der Waals surface area contributed by atoms with Crippen molar-refractivity contribution in [3.05, 3.63) is 35.9 Å². The van der Waals surface area contributed by atoms with E-state index in [1.807, 2.05) is 7.05 Å². The fourth-order valence-electron chi connectivity index (χ4n) is 2.84. The summed E-state index contributed by atoms with van der Waals surface area (Å²) in [6.45, 7) is 6.41. The minimum absolute atomic E-state index is 0.425. The number of nitrogens with one attached hydrogen (secondary N) is 2. The summed E-state index contributed by atoms with van der Waals surface area (Å²) in [6, 6.07) is 11.2. The second-order valence-electron chi connectivity index (χ2n) is 5.55. The number of nitrogens with zero attached hydrogens (tertiary/aromatic N) is 2. The number of guanidine groups is 1. The van der Waals surface area contributed by atoms with Crippen LogP contribution in [0.4, 0.5) is 0 Å². The van der Waals surface area contributed by atoms with Gasteiger partial charge in [0.15, 0.2) is 5.96 Å². The van der Waals surface area contributed by atoms with E-state index in [-0.39, 0.29) is 0 Å². The second-order valence-corrected chi connectivity index (χ2v) is 5.55. The van der Waals surface area contributed by atoms with Crippen LogP contribution < -0.4 is 10.6 Å². The van der Waals surface area contributed by atoms with Crippen molar-refractivity contribution in [2.24, 2.45) is 4.99 Å². The van der Waals surface area contributed by atoms with Crippen LogP contribution in [0.15, 0.2) is 35.3 Å². The van der Waals surface area contributed by atoms with Crippen LogP contribution in [0.25, 0.3) is 0 Å². The molecule has 1 atom stereocenters. The van der Waals surface area contributed by atoms with Gasteiger partial charge in [-0.25, -0.2) is 0 Å². The lowest BCUT2D eigenvalue weighted by Crippen LogP contribution is -2.42. The Morgan fingerprint density at radius 3 is 2.52 bits per heavy atom. The maximum atomic E-state index is 4.29. The van der Waals surface area contributed by atoms with E-state index < -0.39 is 0 Å². The molecule has 0 bridgehead atoms. The van der Waals surface area contributed by atoms with Gasteiger partial charge in [0.1, 0.15) is 0 Å². The fourth-order valence-corrected chi connectivity index (χ4v) is 2.84. The van der Waals surface area contributed by atoms with Crippen molar-refractivity contribution in [2.45, 2.75) is 32.2 Å². The van der Waals surface area contributed by atoms with E-state index in [1.165, 1.54) is 31.5 Å². The third-order valence-corrected chi connectivity index (χ3v) is 3.99. The maximum Gasteiger partial charge on any atom is 0.191 e. The molecular weight excluding hydrogens is 260 g/mol. The highest BCUT2D eigenvalue weighted by molar-refractivity contribution is 5.79. The Balaban J connectivity index is 1.99. The SMILES string of the molecule is CCCNC(=NC)NCC(c1ccccc1)N1CCCC1. The zero-order valence-electron chi connectivity index (χ0n) is 13.3. The van der Waals surface area contributed by atoms with Crippen molar-refractivity contribution in [1.29, 1.82) is 0 Å². The first-order valence-electron chi connectivity index (χ1n) is 8.08. The molecule has 116 valence electrons. The summed E-state index contributed by atoms with van der Waals surface area (Å²) >= 11 is 0. The maximum absolute atomic E-state index is 4.29. The Labute approximate surface area is 128 Å². The highest BCUT2D eigenvalue weighted by Crippen LogP contribution is 2.24. The van der Waals surface area contributed by atoms with Gasteiger partial charge in [0, 0.05) is 20.1 Å². The molecule has 1 fully saturated rings. The third kappa shape index (κ3) is 4.74. The number of benzene rings is 1. The second kappa shape index (κ2) is 8.67. The molecule has 0 spiro atoms. The van der Waals surface area contributed by atoms with Gasteiger partial charge in [-0.1, -0.05) is 37.3 Å². The van der Waals surface area contributed by atoms with Crippen LogP contribution in [0, 0.1) is 0 Å². The van der Waals surface area contributed by atoms with Crippen LogP contribution in [-0.4, -0.2) is 44.1 Å². The monoisotopic (exact) mass is 288 g/mol. The Kier molecular flexibility index (Phi) is 6.54. The summed E-state index contributed by atoms with van der Waals surface area (Å²) in [7, 11) is 1.83. The van der Waals surface area contributed by atoms with E-state index >= 15 is 0 Å². The van der Waals surface area contributed by atoms with Gasteiger partial charge in [-0.15, -0.1) is 0 Å². The van der Waals surface area contributed by atoms with Gasteiger partial charge >= 0.3 is 0 Å². The molecule has 2 N–H and O–H groups in total. The molecule has 1 heterocycles. The van der Waals surface area contributed by atoms with Crippen LogP contribution in [-0.2, 0) is 0 Å². The smallest absolute Gasteiger partial charge is 0.191 e. The van der Waals surface area contributed by atoms with E-state index in [0.29, 0.717) is 6.04 Å². The Morgan fingerprint density at radius 1 is 1.19 bits per heavy atom.